The van der Waals surface area contributed by atoms with Gasteiger partial charge in [0.2, 0.25) is 0 Å². The van der Waals surface area contributed by atoms with Gasteiger partial charge in [-0.15, -0.1) is 0 Å². The van der Waals surface area contributed by atoms with E-state index in [1.807, 2.05) is 0 Å². The molecule has 1 unspecified atom stereocenters. The number of benzene rings is 1. The molecule has 2 N–H and O–H groups in total. The minimum atomic E-state index is -0.406. The number of aromatic amines is 1. The molecule has 0 spiro atoms. The summed E-state index contributed by atoms with van der Waals surface area (Å²) in [5.41, 5.74) is 1.17. The molecule has 1 aromatic heterocycles. The molecule has 0 radical (unpaired) electrons. The first-order chi connectivity index (χ1) is 10.6. The van der Waals surface area contributed by atoms with E-state index >= 15 is 0 Å². The smallest absolute Gasteiger partial charge is 0.272 e. The highest BCUT2D eigenvalue weighted by molar-refractivity contribution is 5.96. The lowest BCUT2D eigenvalue weighted by Crippen LogP contribution is -2.32. The van der Waals surface area contributed by atoms with Crippen molar-refractivity contribution in [1.29, 1.82) is 0 Å². The van der Waals surface area contributed by atoms with Crippen LogP contribution in [0, 0.1) is 5.82 Å². The molecule has 0 saturated carbocycles. The third kappa shape index (κ3) is 2.70. The van der Waals surface area contributed by atoms with Crippen molar-refractivity contribution in [2.24, 2.45) is 0 Å². The summed E-state index contributed by atoms with van der Waals surface area (Å²) in [7, 11) is 2.10. The molecule has 0 fully saturated rings. The maximum atomic E-state index is 13.6. The monoisotopic (exact) mass is 304 g/mol. The van der Waals surface area contributed by atoms with Gasteiger partial charge in [0.05, 0.1) is 11.1 Å². The standard InChI is InChI=1S/C16H21FN4O/c1-3-4-5-21(2)9-10-8-18-13-7-11(17)6-12-14(13)15(10)19-20-16(12)22/h6-7,10,18H,3-5,8-9H2,1-2H3,(H,20,22). The van der Waals surface area contributed by atoms with Crippen LogP contribution in [0.1, 0.15) is 31.4 Å². The number of nitrogens with one attached hydrogen (secondary N) is 2. The van der Waals surface area contributed by atoms with Crippen molar-refractivity contribution < 1.29 is 4.39 Å². The number of rotatable bonds is 5. The van der Waals surface area contributed by atoms with Crippen LogP contribution >= 0.6 is 0 Å². The van der Waals surface area contributed by atoms with Gasteiger partial charge in [0, 0.05) is 30.1 Å². The Hall–Kier alpha value is -1.95. The number of likely N-dealkylation sites (N-methyl/N-ethyl adjacent to an activating group) is 1. The molecule has 6 heteroatoms. The molecule has 1 atom stereocenters. The topological polar surface area (TPSA) is 61.0 Å². The number of halogens is 1. The minimum Gasteiger partial charge on any atom is -0.384 e. The summed E-state index contributed by atoms with van der Waals surface area (Å²) in [6.07, 6.45) is 2.32. The molecule has 2 aromatic rings. The lowest BCUT2D eigenvalue weighted by atomic mass is 9.94. The largest absolute Gasteiger partial charge is 0.384 e. The summed E-state index contributed by atoms with van der Waals surface area (Å²) >= 11 is 0. The molecule has 22 heavy (non-hydrogen) atoms. The third-order valence-corrected chi connectivity index (χ3v) is 4.23. The van der Waals surface area contributed by atoms with E-state index in [0.717, 1.165) is 37.0 Å². The summed E-state index contributed by atoms with van der Waals surface area (Å²) in [6, 6.07) is 2.72. The Labute approximate surface area is 128 Å². The van der Waals surface area contributed by atoms with Gasteiger partial charge in [-0.2, -0.15) is 5.10 Å². The summed E-state index contributed by atoms with van der Waals surface area (Å²) in [4.78, 5) is 14.2. The van der Waals surface area contributed by atoms with Crippen LogP contribution in [0.25, 0.3) is 10.8 Å². The van der Waals surface area contributed by atoms with Crippen molar-refractivity contribution >= 4 is 16.5 Å². The van der Waals surface area contributed by atoms with E-state index in [2.05, 4.69) is 34.4 Å². The van der Waals surface area contributed by atoms with E-state index in [-0.39, 0.29) is 11.5 Å². The van der Waals surface area contributed by atoms with Crippen molar-refractivity contribution in [2.45, 2.75) is 25.7 Å². The van der Waals surface area contributed by atoms with Crippen LogP contribution < -0.4 is 10.9 Å². The Morgan fingerprint density at radius 2 is 2.27 bits per heavy atom. The van der Waals surface area contributed by atoms with Crippen LogP contribution in [-0.2, 0) is 0 Å². The van der Waals surface area contributed by atoms with Gasteiger partial charge in [0.1, 0.15) is 5.82 Å². The zero-order valence-corrected chi connectivity index (χ0v) is 12.9. The zero-order chi connectivity index (χ0) is 15.7. The van der Waals surface area contributed by atoms with E-state index in [1.54, 1.807) is 0 Å². The maximum absolute atomic E-state index is 13.6. The summed E-state index contributed by atoms with van der Waals surface area (Å²) in [6.45, 7) is 4.77. The summed E-state index contributed by atoms with van der Waals surface area (Å²) in [5.74, 6) is -0.227. The zero-order valence-electron chi connectivity index (χ0n) is 12.9. The fourth-order valence-electron chi connectivity index (χ4n) is 3.10. The van der Waals surface area contributed by atoms with Gasteiger partial charge in [0.15, 0.2) is 0 Å². The second-order valence-electron chi connectivity index (χ2n) is 6.01. The second kappa shape index (κ2) is 6.04. The molecular formula is C16H21FN4O. The number of H-pyrrole nitrogens is 1. The van der Waals surface area contributed by atoms with Gasteiger partial charge in [-0.05, 0) is 32.1 Å². The molecule has 0 saturated heterocycles. The number of hydrogen-bond acceptors (Lipinski definition) is 4. The van der Waals surface area contributed by atoms with Crippen molar-refractivity contribution in [3.8, 4) is 0 Å². The summed E-state index contributed by atoms with van der Waals surface area (Å²) < 4.78 is 13.6. The van der Waals surface area contributed by atoms with Crippen LogP contribution in [0.4, 0.5) is 10.1 Å². The molecule has 0 aliphatic carbocycles. The molecule has 2 heterocycles. The van der Waals surface area contributed by atoms with Crippen molar-refractivity contribution in [2.75, 3.05) is 32.0 Å². The molecule has 3 rings (SSSR count). The van der Waals surface area contributed by atoms with Crippen molar-refractivity contribution in [3.63, 3.8) is 0 Å². The normalized spacial score (nSPS) is 17.0. The number of aromatic nitrogens is 2. The first-order valence-corrected chi connectivity index (χ1v) is 7.74. The predicted octanol–water partition coefficient (Wildman–Crippen LogP) is 2.30. The first kappa shape index (κ1) is 15.0. The fraction of sp³-hybridized carbons (Fsp3) is 0.500. The van der Waals surface area contributed by atoms with Gasteiger partial charge in [-0.1, -0.05) is 13.3 Å². The number of hydrogen-bond donors (Lipinski definition) is 2. The summed E-state index contributed by atoms with van der Waals surface area (Å²) in [5, 5.41) is 11.1. The van der Waals surface area contributed by atoms with Gasteiger partial charge >= 0.3 is 0 Å². The Kier molecular flexibility index (Phi) is 4.11. The molecule has 0 amide bonds. The van der Waals surface area contributed by atoms with Gasteiger partial charge in [-0.3, -0.25) is 4.79 Å². The molecule has 0 bridgehead atoms. The minimum absolute atomic E-state index is 0.180. The van der Waals surface area contributed by atoms with E-state index in [4.69, 9.17) is 0 Å². The number of unbranched alkanes of at least 4 members (excludes halogenated alkanes) is 1. The van der Waals surface area contributed by atoms with Crippen molar-refractivity contribution in [3.05, 3.63) is 34.0 Å². The van der Waals surface area contributed by atoms with Crippen LogP contribution in [0.5, 0.6) is 0 Å². The Morgan fingerprint density at radius 3 is 3.05 bits per heavy atom. The number of anilines is 1. The first-order valence-electron chi connectivity index (χ1n) is 7.74. The van der Waals surface area contributed by atoms with E-state index < -0.39 is 5.82 Å². The van der Waals surface area contributed by atoms with Gasteiger partial charge in [-0.25, -0.2) is 9.49 Å². The van der Waals surface area contributed by atoms with Gasteiger partial charge < -0.3 is 10.2 Å². The van der Waals surface area contributed by atoms with Crippen LogP contribution in [0.3, 0.4) is 0 Å². The highest BCUT2D eigenvalue weighted by Crippen LogP contribution is 2.33. The Balaban J connectivity index is 1.98. The lowest BCUT2D eigenvalue weighted by Gasteiger charge is -2.29. The highest BCUT2D eigenvalue weighted by Gasteiger charge is 2.26. The Morgan fingerprint density at radius 1 is 1.45 bits per heavy atom. The lowest BCUT2D eigenvalue weighted by molar-refractivity contribution is 0.306. The SMILES string of the molecule is CCCCN(C)CC1CNc2cc(F)cc3c(=O)[nH]nc1c23. The molecule has 1 aliphatic rings. The van der Waals surface area contributed by atoms with Crippen LogP contribution in [0.15, 0.2) is 16.9 Å². The predicted molar refractivity (Wildman–Crippen MR) is 86.0 cm³/mol. The molecule has 1 aromatic carbocycles. The fourth-order valence-corrected chi connectivity index (χ4v) is 3.10. The van der Waals surface area contributed by atoms with Crippen LogP contribution in [-0.4, -0.2) is 41.8 Å². The maximum Gasteiger partial charge on any atom is 0.272 e. The quantitative estimate of drug-likeness (QED) is 0.890. The van der Waals surface area contributed by atoms with Crippen molar-refractivity contribution in [1.82, 2.24) is 15.1 Å². The van der Waals surface area contributed by atoms with E-state index in [0.29, 0.717) is 17.6 Å². The number of nitrogens with zero attached hydrogens (tertiary/aromatic N) is 2. The molecule has 5 nitrogen and oxygen atoms in total. The average molecular weight is 304 g/mol. The highest BCUT2D eigenvalue weighted by atomic mass is 19.1. The molecule has 1 aliphatic heterocycles. The molecule has 118 valence electrons. The van der Waals surface area contributed by atoms with E-state index in [9.17, 15) is 9.18 Å². The average Bonchev–Trinajstić information content (AvgIpc) is 2.50. The van der Waals surface area contributed by atoms with Gasteiger partial charge in [0.25, 0.3) is 5.56 Å². The molecular weight excluding hydrogens is 283 g/mol. The third-order valence-electron chi connectivity index (χ3n) is 4.23. The second-order valence-corrected chi connectivity index (χ2v) is 6.01. The van der Waals surface area contributed by atoms with E-state index in [1.165, 1.54) is 12.1 Å². The van der Waals surface area contributed by atoms with Crippen LogP contribution in [0.2, 0.25) is 0 Å². The Bertz CT molecular complexity index is 743.